The van der Waals surface area contributed by atoms with Gasteiger partial charge in [-0.3, -0.25) is 4.79 Å². The van der Waals surface area contributed by atoms with Crippen LogP contribution in [0.2, 0.25) is 0 Å². The zero-order valence-electron chi connectivity index (χ0n) is 69.7. The van der Waals surface area contributed by atoms with Gasteiger partial charge in [0.25, 0.3) is 0 Å². The van der Waals surface area contributed by atoms with Crippen molar-refractivity contribution in [2.45, 2.75) is 465 Å². The molecule has 646 valence electrons. The summed E-state index contributed by atoms with van der Waals surface area (Å²) in [5.74, 6) is -0.240. The molecule has 17 unspecified atom stereocenters. The number of aliphatic hydroxyl groups is 11. The quantitative estimate of drug-likeness (QED) is 0.0199. The molecule has 0 saturated carbocycles. The minimum absolute atomic E-state index is 0.240. The highest BCUT2D eigenvalue weighted by atomic mass is 16.8. The van der Waals surface area contributed by atoms with Crippen LogP contribution in [0.25, 0.3) is 0 Å². The average molecular weight is 1570 g/mol. The van der Waals surface area contributed by atoms with Gasteiger partial charge < -0.3 is 89.9 Å². The Morgan fingerprint density at radius 1 is 0.333 bits per heavy atom. The Balaban J connectivity index is 1.32. The van der Waals surface area contributed by atoms with E-state index in [0.29, 0.717) is 12.8 Å². The molecule has 3 fully saturated rings. The number of allylic oxidation sites excluding steroid dienone is 14. The average Bonchev–Trinajstić information content (AvgIpc) is 0.779. The van der Waals surface area contributed by atoms with E-state index in [1.54, 1.807) is 0 Å². The molecular weight excluding hydrogens is 1410 g/mol. The first-order chi connectivity index (χ1) is 54.3. The van der Waals surface area contributed by atoms with Crippen LogP contribution in [0.15, 0.2) is 85.1 Å². The Morgan fingerprint density at radius 3 is 0.973 bits per heavy atom. The van der Waals surface area contributed by atoms with Crippen LogP contribution in [-0.2, 0) is 33.2 Å². The summed E-state index contributed by atoms with van der Waals surface area (Å²) in [6.07, 6.45) is 69.7. The fourth-order valence-electron chi connectivity index (χ4n) is 15.1. The zero-order valence-corrected chi connectivity index (χ0v) is 69.7. The molecule has 1 amide bonds. The molecule has 3 heterocycles. The number of aliphatic hydroxyl groups excluding tert-OH is 11. The summed E-state index contributed by atoms with van der Waals surface area (Å²) >= 11 is 0. The van der Waals surface area contributed by atoms with Crippen molar-refractivity contribution >= 4 is 5.91 Å². The first kappa shape index (κ1) is 102. The molecule has 19 heteroatoms. The maximum atomic E-state index is 13.6. The third-order valence-corrected chi connectivity index (χ3v) is 22.2. The number of hydrogen-bond acceptors (Lipinski definition) is 18. The van der Waals surface area contributed by atoms with Gasteiger partial charge in [0, 0.05) is 6.42 Å². The Kier molecular flexibility index (Phi) is 65.4. The lowest BCUT2D eigenvalue weighted by Gasteiger charge is -2.48. The molecule has 3 aliphatic heterocycles. The van der Waals surface area contributed by atoms with E-state index in [2.05, 4.69) is 104 Å². The van der Waals surface area contributed by atoms with Gasteiger partial charge in [0.2, 0.25) is 5.91 Å². The Bertz CT molecular complexity index is 2330. The second kappa shape index (κ2) is 71.1. The molecule has 19 nitrogen and oxygen atoms in total. The number of ether oxygens (including phenoxy) is 6. The largest absolute Gasteiger partial charge is 0.394 e. The van der Waals surface area contributed by atoms with Crippen molar-refractivity contribution in [3.8, 4) is 0 Å². The number of unbranched alkanes of at least 4 members (excludes halogenated alkanes) is 43. The first-order valence-corrected chi connectivity index (χ1v) is 45.3. The molecule has 0 aromatic heterocycles. The van der Waals surface area contributed by atoms with Gasteiger partial charge in [-0.25, -0.2) is 0 Å². The van der Waals surface area contributed by atoms with Crippen LogP contribution in [0.3, 0.4) is 0 Å². The van der Waals surface area contributed by atoms with Gasteiger partial charge in [-0.1, -0.05) is 369 Å². The third kappa shape index (κ3) is 49.7. The lowest BCUT2D eigenvalue weighted by atomic mass is 9.96. The van der Waals surface area contributed by atoms with Crippen LogP contribution in [0, 0.1) is 0 Å². The van der Waals surface area contributed by atoms with E-state index in [0.717, 1.165) is 96.3 Å². The summed E-state index contributed by atoms with van der Waals surface area (Å²) in [6, 6.07) is -0.893. The molecule has 12 N–H and O–H groups in total. The van der Waals surface area contributed by atoms with Crippen molar-refractivity contribution in [3.63, 3.8) is 0 Å². The van der Waals surface area contributed by atoms with E-state index < -0.39 is 124 Å². The van der Waals surface area contributed by atoms with Crippen LogP contribution in [-0.4, -0.2) is 193 Å². The summed E-state index contributed by atoms with van der Waals surface area (Å²) in [4.78, 5) is 13.6. The zero-order chi connectivity index (χ0) is 80.3. The second-order valence-corrected chi connectivity index (χ2v) is 32.0. The van der Waals surface area contributed by atoms with E-state index in [4.69, 9.17) is 28.4 Å². The molecule has 17 atom stereocenters. The van der Waals surface area contributed by atoms with Gasteiger partial charge in [0.15, 0.2) is 18.9 Å². The van der Waals surface area contributed by atoms with Crippen LogP contribution >= 0.6 is 0 Å². The molecule has 3 rings (SSSR count). The van der Waals surface area contributed by atoms with E-state index in [9.17, 15) is 61.0 Å². The molecule has 111 heavy (non-hydrogen) atoms. The molecule has 3 aliphatic rings. The minimum atomic E-state index is -1.98. The Hall–Kier alpha value is -3.03. The first-order valence-electron chi connectivity index (χ1n) is 45.3. The fourth-order valence-corrected chi connectivity index (χ4v) is 15.1. The number of hydrogen-bond donors (Lipinski definition) is 12. The summed E-state index contributed by atoms with van der Waals surface area (Å²) in [5.41, 5.74) is 0. The smallest absolute Gasteiger partial charge is 0.220 e. The van der Waals surface area contributed by atoms with Crippen LogP contribution in [0.5, 0.6) is 0 Å². The van der Waals surface area contributed by atoms with Gasteiger partial charge in [0.1, 0.15) is 73.2 Å². The molecule has 0 spiro atoms. The maximum Gasteiger partial charge on any atom is 0.220 e. The molecule has 0 radical (unpaired) electrons. The van der Waals surface area contributed by atoms with E-state index >= 15 is 0 Å². The lowest BCUT2D eigenvalue weighted by molar-refractivity contribution is -0.379. The highest BCUT2D eigenvalue weighted by Crippen LogP contribution is 2.34. The summed E-state index contributed by atoms with van der Waals surface area (Å²) in [7, 11) is 0. The normalized spacial score (nSPS) is 25.4. The SMILES string of the molecule is CC/C=C\C/C=C\C/C=C\C/C=C\C/C=C\C/C=C\C/C=C\CCCCCCCCCCCCCCCCCC(=O)NC(COC1OC(CO)C(OC2OC(CO)C(OC3OC(CO)C(O)C(O)C3O)C(O)C2O)C(O)C1O)C(O)CCCCCCCCCCCCCCCCCCCCCCCCCCCCCCC. The topological polar surface area (TPSA) is 307 Å². The van der Waals surface area contributed by atoms with Gasteiger partial charge in [-0.15, -0.1) is 0 Å². The van der Waals surface area contributed by atoms with Crippen LogP contribution in [0.1, 0.15) is 361 Å². The number of amides is 1. The van der Waals surface area contributed by atoms with Crippen molar-refractivity contribution in [2.24, 2.45) is 0 Å². The minimum Gasteiger partial charge on any atom is -0.394 e. The molecule has 0 bridgehead atoms. The van der Waals surface area contributed by atoms with E-state index in [-0.39, 0.29) is 18.9 Å². The summed E-state index contributed by atoms with van der Waals surface area (Å²) in [5, 5.41) is 121. The molecule has 3 saturated heterocycles. The van der Waals surface area contributed by atoms with Gasteiger partial charge >= 0.3 is 0 Å². The maximum absolute atomic E-state index is 13.6. The number of carbonyl (C=O) groups excluding carboxylic acids is 1. The molecule has 0 aliphatic carbocycles. The van der Waals surface area contributed by atoms with Crippen molar-refractivity contribution in [3.05, 3.63) is 85.1 Å². The Morgan fingerprint density at radius 2 is 0.622 bits per heavy atom. The van der Waals surface area contributed by atoms with Crippen LogP contribution < -0.4 is 5.32 Å². The fraction of sp³-hybridized carbons (Fsp3) is 0.837. The molecule has 0 aromatic rings. The Labute approximate surface area is 673 Å². The van der Waals surface area contributed by atoms with Crippen molar-refractivity contribution in [1.29, 1.82) is 0 Å². The number of carbonyl (C=O) groups is 1. The number of rotatable bonds is 73. The van der Waals surface area contributed by atoms with Crippen LogP contribution in [0.4, 0.5) is 0 Å². The third-order valence-electron chi connectivity index (χ3n) is 22.2. The van der Waals surface area contributed by atoms with Gasteiger partial charge in [-0.2, -0.15) is 0 Å². The monoisotopic (exact) mass is 1570 g/mol. The highest BCUT2D eigenvalue weighted by molar-refractivity contribution is 5.76. The van der Waals surface area contributed by atoms with E-state index in [1.807, 2.05) is 0 Å². The van der Waals surface area contributed by atoms with Crippen molar-refractivity contribution < 1.29 is 89.4 Å². The summed E-state index contributed by atoms with van der Waals surface area (Å²) in [6.45, 7) is 1.74. The predicted molar refractivity (Wildman–Crippen MR) is 448 cm³/mol. The lowest BCUT2D eigenvalue weighted by Crippen LogP contribution is -2.66. The van der Waals surface area contributed by atoms with Crippen molar-refractivity contribution in [1.82, 2.24) is 5.32 Å². The van der Waals surface area contributed by atoms with Crippen molar-refractivity contribution in [2.75, 3.05) is 26.4 Å². The summed E-state index contributed by atoms with van der Waals surface area (Å²) < 4.78 is 34.6. The molecule has 0 aromatic carbocycles. The predicted octanol–water partition coefficient (Wildman–Crippen LogP) is 17.3. The molecular formula is C92H165NO18. The number of nitrogens with one attached hydrogen (secondary N) is 1. The highest BCUT2D eigenvalue weighted by Gasteiger charge is 2.54. The second-order valence-electron chi connectivity index (χ2n) is 32.0. The standard InChI is InChI=1S/C92H165NO18/c1-3-5-7-9-11-13-15-17-19-21-23-25-27-29-31-33-34-35-36-37-38-39-40-42-44-46-48-50-52-54-56-58-60-62-64-66-68-70-80(98)93-75(76(97)69-67-65-63-61-59-57-55-53-51-49-47-45-43-41-32-30-28-26-24-22-20-18-16-14-12-10-8-6-4-2)74-106-90-86(104)83(101)88(78(72-95)108-90)111-92-87(105)84(102)89(79(73-96)109-92)110-91-85(103)82(100)81(99)77(71-94)107-91/h5,7,11,13,17,19,23,25,29,31,34-35,37-38,75-79,81-92,94-97,99-105H,3-4,6,8-10,12,14-16,18,20-22,24,26-28,30,32-33,36,39-74H2,1-2H3,(H,93,98)/b7-5-,13-11-,19-17-,25-23-,31-29-,35-34-,38-37-. The van der Waals surface area contributed by atoms with E-state index in [1.165, 1.54) is 231 Å². The van der Waals surface area contributed by atoms with Gasteiger partial charge in [0.05, 0.1) is 38.6 Å². The van der Waals surface area contributed by atoms with Gasteiger partial charge in [-0.05, 0) is 70.6 Å².